The number of carbonyl (C=O) groups excluding carboxylic acids is 2. The minimum atomic E-state index is -0.696. The van der Waals surface area contributed by atoms with Crippen LogP contribution in [0.25, 0.3) is 0 Å². The van der Waals surface area contributed by atoms with Gasteiger partial charge in [-0.2, -0.15) is 0 Å². The summed E-state index contributed by atoms with van der Waals surface area (Å²) in [5.41, 5.74) is 0.686. The van der Waals surface area contributed by atoms with Gasteiger partial charge in [-0.1, -0.05) is 0 Å². The molecule has 6 heteroatoms. The van der Waals surface area contributed by atoms with Crippen LogP contribution >= 0.6 is 0 Å². The topological polar surface area (TPSA) is 65.1 Å². The average Bonchev–Trinajstić information content (AvgIpc) is 2.56. The maximum absolute atomic E-state index is 12.0. The molecule has 0 atom stereocenters. The molecule has 0 aliphatic rings. The van der Waals surface area contributed by atoms with Crippen LogP contribution in [0.4, 0.5) is 5.69 Å². The Bertz CT molecular complexity index is 531. The fourth-order valence-corrected chi connectivity index (χ4v) is 1.88. The van der Waals surface area contributed by atoms with Gasteiger partial charge in [-0.25, -0.2) is 9.59 Å². The van der Waals surface area contributed by atoms with Crippen molar-refractivity contribution < 1.29 is 23.8 Å². The molecule has 0 aliphatic heterocycles. The zero-order valence-electron chi connectivity index (χ0n) is 14.0. The van der Waals surface area contributed by atoms with E-state index in [2.05, 4.69) is 0 Å². The van der Waals surface area contributed by atoms with E-state index >= 15 is 0 Å². The number of rotatable bonds is 8. The van der Waals surface area contributed by atoms with Gasteiger partial charge in [0.05, 0.1) is 20.3 Å². The summed E-state index contributed by atoms with van der Waals surface area (Å²) in [5.74, 6) is -0.666. The number of hydrogen-bond acceptors (Lipinski definition) is 6. The molecule has 1 aromatic rings. The molecule has 0 bridgehead atoms. The van der Waals surface area contributed by atoms with E-state index < -0.39 is 11.9 Å². The quantitative estimate of drug-likeness (QED) is 0.317. The van der Waals surface area contributed by atoms with Crippen molar-refractivity contribution in [2.75, 3.05) is 31.8 Å². The predicted octanol–water partition coefficient (Wildman–Crippen LogP) is 2.53. The summed E-state index contributed by atoms with van der Waals surface area (Å²) in [4.78, 5) is 25.8. The fraction of sp³-hybridized carbons (Fsp3) is 0.412. The molecule has 0 aromatic heterocycles. The highest BCUT2D eigenvalue weighted by molar-refractivity contribution is 6.14. The van der Waals surface area contributed by atoms with Gasteiger partial charge < -0.3 is 19.1 Å². The van der Waals surface area contributed by atoms with Crippen LogP contribution < -0.4 is 9.64 Å². The van der Waals surface area contributed by atoms with Crippen LogP contribution in [-0.4, -0.2) is 38.8 Å². The van der Waals surface area contributed by atoms with Gasteiger partial charge >= 0.3 is 11.9 Å². The normalized spacial score (nSPS) is 9.74. The summed E-state index contributed by atoms with van der Waals surface area (Å²) >= 11 is 0. The molecule has 1 rings (SSSR count). The predicted molar refractivity (Wildman–Crippen MR) is 87.4 cm³/mol. The van der Waals surface area contributed by atoms with E-state index in [9.17, 15) is 9.59 Å². The maximum atomic E-state index is 12.0. The van der Waals surface area contributed by atoms with Crippen molar-refractivity contribution >= 4 is 17.6 Å². The highest BCUT2D eigenvalue weighted by atomic mass is 16.6. The van der Waals surface area contributed by atoms with E-state index in [1.54, 1.807) is 38.0 Å². The van der Waals surface area contributed by atoms with E-state index in [0.717, 1.165) is 11.4 Å². The van der Waals surface area contributed by atoms with E-state index in [0.29, 0.717) is 6.54 Å². The number of ether oxygens (including phenoxy) is 3. The Kier molecular flexibility index (Phi) is 7.66. The lowest BCUT2D eigenvalue weighted by atomic mass is 10.2. The molecule has 0 fully saturated rings. The van der Waals surface area contributed by atoms with Gasteiger partial charge in [-0.3, -0.25) is 0 Å². The van der Waals surface area contributed by atoms with Gasteiger partial charge in [0.15, 0.2) is 5.57 Å². The summed E-state index contributed by atoms with van der Waals surface area (Å²) in [7, 11) is 1.59. The van der Waals surface area contributed by atoms with Crippen molar-refractivity contribution in [1.29, 1.82) is 0 Å². The molecule has 0 aliphatic carbocycles. The lowest BCUT2D eigenvalue weighted by Crippen LogP contribution is -2.24. The minimum absolute atomic E-state index is 0.133. The molecule has 6 nitrogen and oxygen atoms in total. The van der Waals surface area contributed by atoms with Gasteiger partial charge in [0, 0.05) is 18.4 Å². The smallest absolute Gasteiger partial charge is 0.347 e. The maximum Gasteiger partial charge on any atom is 0.347 e. The van der Waals surface area contributed by atoms with Crippen LogP contribution in [0.15, 0.2) is 36.0 Å². The first-order valence-corrected chi connectivity index (χ1v) is 7.54. The molecule has 0 N–H and O–H groups in total. The van der Waals surface area contributed by atoms with Gasteiger partial charge in [-0.05, 0) is 45.0 Å². The number of benzene rings is 1. The van der Waals surface area contributed by atoms with Crippen molar-refractivity contribution in [3.8, 4) is 5.75 Å². The molecular weight excluding hydrogens is 298 g/mol. The molecule has 0 spiro atoms. The third-order valence-electron chi connectivity index (χ3n) is 3.02. The second-order valence-electron chi connectivity index (χ2n) is 4.47. The molecular formula is C17H23NO5. The Morgan fingerprint density at radius 2 is 1.52 bits per heavy atom. The van der Waals surface area contributed by atoms with Crippen LogP contribution in [0.1, 0.15) is 20.8 Å². The summed E-state index contributed by atoms with van der Waals surface area (Å²) in [6, 6.07) is 7.29. The number of hydrogen-bond donors (Lipinski definition) is 0. The van der Waals surface area contributed by atoms with Crippen LogP contribution in [0, 0.1) is 0 Å². The zero-order valence-corrected chi connectivity index (χ0v) is 14.0. The highest BCUT2D eigenvalue weighted by Gasteiger charge is 2.22. The van der Waals surface area contributed by atoms with Crippen molar-refractivity contribution in [2.24, 2.45) is 0 Å². The largest absolute Gasteiger partial charge is 0.497 e. The minimum Gasteiger partial charge on any atom is -0.497 e. The highest BCUT2D eigenvalue weighted by Crippen LogP contribution is 2.20. The third kappa shape index (κ3) is 5.32. The third-order valence-corrected chi connectivity index (χ3v) is 3.02. The van der Waals surface area contributed by atoms with Crippen LogP contribution in [-0.2, 0) is 19.1 Å². The lowest BCUT2D eigenvalue weighted by molar-refractivity contribution is -0.146. The fourth-order valence-electron chi connectivity index (χ4n) is 1.88. The van der Waals surface area contributed by atoms with Crippen molar-refractivity contribution in [3.63, 3.8) is 0 Å². The Labute approximate surface area is 136 Å². The number of methoxy groups -OCH3 is 1. The second-order valence-corrected chi connectivity index (χ2v) is 4.47. The molecule has 0 saturated heterocycles. The Balaban J connectivity index is 3.12. The number of esters is 2. The molecule has 1 aromatic carbocycles. The van der Waals surface area contributed by atoms with E-state index in [1.165, 1.54) is 6.20 Å². The Morgan fingerprint density at radius 1 is 1.00 bits per heavy atom. The molecule has 23 heavy (non-hydrogen) atoms. The number of carbonyl (C=O) groups is 2. The Hall–Kier alpha value is -2.50. The average molecular weight is 321 g/mol. The van der Waals surface area contributed by atoms with Crippen LogP contribution in [0.5, 0.6) is 5.75 Å². The van der Waals surface area contributed by atoms with Crippen molar-refractivity contribution in [2.45, 2.75) is 20.8 Å². The second kappa shape index (κ2) is 9.50. The standard InChI is InChI=1S/C17H23NO5/c1-5-18(13-8-10-14(21-4)11-9-13)12-15(16(19)22-6-2)17(20)23-7-3/h8-12H,5-7H2,1-4H3. The summed E-state index contributed by atoms with van der Waals surface area (Å²) in [6.07, 6.45) is 1.46. The van der Waals surface area contributed by atoms with Crippen LogP contribution in [0.2, 0.25) is 0 Å². The molecule has 0 heterocycles. The first-order valence-electron chi connectivity index (χ1n) is 7.54. The Morgan fingerprint density at radius 3 is 1.91 bits per heavy atom. The number of nitrogens with zero attached hydrogens (tertiary/aromatic N) is 1. The SMILES string of the molecule is CCOC(=O)C(=CN(CC)c1ccc(OC)cc1)C(=O)OCC. The summed E-state index contributed by atoms with van der Waals surface area (Å²) < 4.78 is 15.0. The van der Waals surface area contributed by atoms with Gasteiger partial charge in [-0.15, -0.1) is 0 Å². The van der Waals surface area contributed by atoms with Gasteiger partial charge in [0.25, 0.3) is 0 Å². The summed E-state index contributed by atoms with van der Waals surface area (Å²) in [5, 5.41) is 0. The van der Waals surface area contributed by atoms with Gasteiger partial charge in [0.2, 0.25) is 0 Å². The molecule has 0 radical (unpaired) electrons. The molecule has 126 valence electrons. The number of anilines is 1. The van der Waals surface area contributed by atoms with Crippen molar-refractivity contribution in [3.05, 3.63) is 36.0 Å². The summed E-state index contributed by atoms with van der Waals surface area (Å²) in [6.45, 7) is 6.21. The lowest BCUT2D eigenvalue weighted by Gasteiger charge is -2.20. The monoisotopic (exact) mass is 321 g/mol. The first kappa shape index (κ1) is 18.5. The van der Waals surface area contributed by atoms with Crippen molar-refractivity contribution in [1.82, 2.24) is 0 Å². The zero-order chi connectivity index (χ0) is 17.2. The van der Waals surface area contributed by atoms with E-state index in [-0.39, 0.29) is 18.8 Å². The molecule has 0 saturated carbocycles. The molecule has 0 unspecified atom stereocenters. The molecule has 0 amide bonds. The van der Waals surface area contributed by atoms with Crippen LogP contribution in [0.3, 0.4) is 0 Å². The van der Waals surface area contributed by atoms with E-state index in [4.69, 9.17) is 14.2 Å². The van der Waals surface area contributed by atoms with Gasteiger partial charge in [0.1, 0.15) is 5.75 Å². The van der Waals surface area contributed by atoms with E-state index in [1.807, 2.05) is 19.1 Å². The first-order chi connectivity index (χ1) is 11.1.